The van der Waals surface area contributed by atoms with Crippen LogP contribution in [-0.2, 0) is 14.3 Å². The maximum atomic E-state index is 12.8. The molecule has 1 atom stereocenters. The van der Waals surface area contributed by atoms with Crippen molar-refractivity contribution in [1.82, 2.24) is 0 Å². The van der Waals surface area contributed by atoms with Crippen LogP contribution in [-0.4, -0.2) is 52.3 Å². The monoisotopic (exact) mass is 364 g/mol. The summed E-state index contributed by atoms with van der Waals surface area (Å²) in [7, 11) is 0. The van der Waals surface area contributed by atoms with Crippen molar-refractivity contribution in [3.63, 3.8) is 0 Å². The zero-order valence-corrected chi connectivity index (χ0v) is 15.7. The van der Waals surface area contributed by atoms with Crippen LogP contribution >= 0.6 is 11.8 Å². The van der Waals surface area contributed by atoms with E-state index in [1.807, 2.05) is 19.9 Å². The quantitative estimate of drug-likeness (QED) is 0.701. The highest BCUT2D eigenvalue weighted by Crippen LogP contribution is 2.65. The Hall–Kier alpha value is -1.37. The van der Waals surface area contributed by atoms with E-state index in [1.165, 1.54) is 11.8 Å². The third-order valence-corrected chi connectivity index (χ3v) is 6.62. The number of ether oxygens (including phenoxy) is 1. The maximum Gasteiger partial charge on any atom is 0.315 e. The van der Waals surface area contributed by atoms with Crippen LogP contribution in [0.4, 0.5) is 0 Å². The van der Waals surface area contributed by atoms with E-state index in [9.17, 15) is 14.7 Å². The van der Waals surface area contributed by atoms with Crippen LogP contribution in [0.1, 0.15) is 33.6 Å². The number of thioether (sulfide) groups is 1. The molecule has 0 aromatic carbocycles. The zero-order valence-electron chi connectivity index (χ0n) is 14.8. The molecule has 3 rings (SSSR count). The van der Waals surface area contributed by atoms with Crippen molar-refractivity contribution in [1.29, 1.82) is 0 Å². The normalized spacial score (nSPS) is 26.9. The summed E-state index contributed by atoms with van der Waals surface area (Å²) in [6.07, 6.45) is 3.54. The highest BCUT2D eigenvalue weighted by molar-refractivity contribution is 8.00. The Kier molecular flexibility index (Phi) is 4.73. The number of allylic oxidation sites excluding steroid dienone is 3. The summed E-state index contributed by atoms with van der Waals surface area (Å²) in [4.78, 5) is 24.4. The van der Waals surface area contributed by atoms with Crippen molar-refractivity contribution in [2.45, 2.75) is 39.2 Å². The number of esters is 1. The van der Waals surface area contributed by atoms with Gasteiger partial charge in [-0.3, -0.25) is 9.59 Å². The molecule has 0 aromatic rings. The lowest BCUT2D eigenvalue weighted by molar-refractivity contribution is -0.141. The van der Waals surface area contributed by atoms with E-state index in [2.05, 4.69) is 0 Å². The molecule has 0 heterocycles. The van der Waals surface area contributed by atoms with Gasteiger partial charge in [0.25, 0.3) is 0 Å². The first-order chi connectivity index (χ1) is 11.8. The van der Waals surface area contributed by atoms with Gasteiger partial charge in [0, 0.05) is 16.7 Å². The average Bonchev–Trinajstić information content (AvgIpc) is 3.32. The third kappa shape index (κ3) is 2.80. The van der Waals surface area contributed by atoms with Gasteiger partial charge in [-0.1, -0.05) is 5.57 Å². The van der Waals surface area contributed by atoms with Gasteiger partial charge in [0.15, 0.2) is 5.78 Å². The summed E-state index contributed by atoms with van der Waals surface area (Å²) >= 11 is 1.44. The van der Waals surface area contributed by atoms with Crippen LogP contribution in [0.15, 0.2) is 33.9 Å². The van der Waals surface area contributed by atoms with Crippen LogP contribution in [0, 0.1) is 5.41 Å². The van der Waals surface area contributed by atoms with Gasteiger partial charge >= 0.3 is 5.97 Å². The minimum Gasteiger partial charge on any atom is -0.463 e. The molecule has 5 nitrogen and oxygen atoms in total. The van der Waals surface area contributed by atoms with Gasteiger partial charge in [-0.05, 0) is 56.4 Å². The first-order valence-electron chi connectivity index (χ1n) is 8.51. The second kappa shape index (κ2) is 6.41. The van der Waals surface area contributed by atoms with E-state index in [-0.39, 0.29) is 30.7 Å². The Balaban J connectivity index is 1.78. The van der Waals surface area contributed by atoms with Crippen LogP contribution < -0.4 is 0 Å². The maximum absolute atomic E-state index is 12.8. The smallest absolute Gasteiger partial charge is 0.315 e. The largest absolute Gasteiger partial charge is 0.463 e. The van der Waals surface area contributed by atoms with Crippen molar-refractivity contribution in [2.75, 3.05) is 24.7 Å². The minimum atomic E-state index is -1.33. The van der Waals surface area contributed by atoms with E-state index in [0.717, 1.165) is 35.1 Å². The van der Waals surface area contributed by atoms with Crippen LogP contribution in [0.3, 0.4) is 0 Å². The second-order valence-electron chi connectivity index (χ2n) is 7.14. The van der Waals surface area contributed by atoms with Crippen LogP contribution in [0.25, 0.3) is 0 Å². The summed E-state index contributed by atoms with van der Waals surface area (Å²) in [6.45, 7) is 5.47. The number of ketones is 1. The summed E-state index contributed by atoms with van der Waals surface area (Å²) in [5, 5.41) is 19.5. The van der Waals surface area contributed by atoms with Crippen molar-refractivity contribution < 1.29 is 24.5 Å². The van der Waals surface area contributed by atoms with Gasteiger partial charge in [0.1, 0.15) is 12.2 Å². The van der Waals surface area contributed by atoms with Gasteiger partial charge in [-0.15, -0.1) is 11.8 Å². The van der Waals surface area contributed by atoms with E-state index >= 15 is 0 Å². The summed E-state index contributed by atoms with van der Waals surface area (Å²) in [6, 6.07) is 0. The Labute approximate surface area is 151 Å². The van der Waals surface area contributed by atoms with Crippen LogP contribution in [0.5, 0.6) is 0 Å². The van der Waals surface area contributed by atoms with Gasteiger partial charge in [0.05, 0.1) is 12.4 Å². The molecule has 25 heavy (non-hydrogen) atoms. The highest BCUT2D eigenvalue weighted by atomic mass is 32.2. The number of hydrogen-bond donors (Lipinski definition) is 2. The zero-order chi connectivity index (χ0) is 18.4. The Bertz CT molecular complexity index is 722. The number of hydrogen-bond acceptors (Lipinski definition) is 6. The van der Waals surface area contributed by atoms with E-state index < -0.39 is 11.0 Å². The molecule has 1 fully saturated rings. The summed E-state index contributed by atoms with van der Waals surface area (Å²) in [5.74, 6) is 0.274. The molecule has 0 unspecified atom stereocenters. The highest BCUT2D eigenvalue weighted by Gasteiger charge is 2.64. The molecular weight excluding hydrogens is 340 g/mol. The first-order valence-corrected chi connectivity index (χ1v) is 9.66. The number of Topliss-reactive ketones (excluding diaryl/α,β-unsaturated/α-hetero) is 1. The number of fused-ring (bicyclic) bond motifs is 1. The number of carbonyl (C=O) groups is 2. The SMILES string of the molecule is CC1=C(CSCC(=O)OCCO)C2=C(C)C3(CC3)[C@@](C)(O)C(=O)C2=C1. The van der Waals surface area contributed by atoms with Gasteiger partial charge in [-0.2, -0.15) is 0 Å². The molecule has 0 radical (unpaired) electrons. The third-order valence-electron chi connectivity index (χ3n) is 5.69. The molecular formula is C19H24O5S. The van der Waals surface area contributed by atoms with Gasteiger partial charge in [0.2, 0.25) is 0 Å². The molecule has 0 aliphatic heterocycles. The van der Waals surface area contributed by atoms with Crippen molar-refractivity contribution in [2.24, 2.45) is 5.41 Å². The molecule has 3 aliphatic carbocycles. The fourth-order valence-corrected chi connectivity index (χ4v) is 4.97. The molecule has 1 saturated carbocycles. The Morgan fingerprint density at radius 2 is 2.04 bits per heavy atom. The second-order valence-corrected chi connectivity index (χ2v) is 8.13. The summed E-state index contributed by atoms with van der Waals surface area (Å²) < 4.78 is 4.86. The molecule has 2 N–H and O–H groups in total. The first kappa shape index (κ1) is 18.4. The lowest BCUT2D eigenvalue weighted by Crippen LogP contribution is -2.49. The van der Waals surface area contributed by atoms with Crippen molar-refractivity contribution in [3.8, 4) is 0 Å². The van der Waals surface area contributed by atoms with Crippen molar-refractivity contribution >= 4 is 23.5 Å². The van der Waals surface area contributed by atoms with E-state index in [0.29, 0.717) is 11.3 Å². The predicted molar refractivity (Wildman–Crippen MR) is 96.2 cm³/mol. The lowest BCUT2D eigenvalue weighted by Gasteiger charge is -2.39. The van der Waals surface area contributed by atoms with Gasteiger partial charge in [-0.25, -0.2) is 0 Å². The number of carbonyl (C=O) groups excluding carboxylic acids is 2. The molecule has 0 bridgehead atoms. The van der Waals surface area contributed by atoms with E-state index in [1.54, 1.807) is 6.92 Å². The molecule has 0 saturated heterocycles. The fraction of sp³-hybridized carbons (Fsp3) is 0.579. The fourth-order valence-electron chi connectivity index (χ4n) is 4.04. The topological polar surface area (TPSA) is 83.8 Å². The number of aliphatic hydroxyl groups excluding tert-OH is 1. The standard InChI is InChI=1S/C19H24O5S/c1-11-8-13-16(14(11)9-25-10-15(21)24-7-6-20)12(2)19(4-5-19)18(3,23)17(13)22/h8,20,23H,4-7,9-10H2,1-3H3/t18-/m0/s1. The van der Waals surface area contributed by atoms with E-state index in [4.69, 9.17) is 9.84 Å². The molecule has 6 heteroatoms. The van der Waals surface area contributed by atoms with Gasteiger partial charge < -0.3 is 14.9 Å². The minimum absolute atomic E-state index is 0.0171. The molecule has 136 valence electrons. The molecule has 0 aromatic heterocycles. The van der Waals surface area contributed by atoms with Crippen molar-refractivity contribution in [3.05, 3.63) is 33.9 Å². The molecule has 0 amide bonds. The Morgan fingerprint density at radius 3 is 2.64 bits per heavy atom. The Morgan fingerprint density at radius 1 is 1.36 bits per heavy atom. The summed E-state index contributed by atoms with van der Waals surface area (Å²) in [5.41, 5.74) is 3.02. The lowest BCUT2D eigenvalue weighted by atomic mass is 9.67. The number of aliphatic hydroxyl groups is 2. The van der Waals surface area contributed by atoms with Crippen LogP contribution in [0.2, 0.25) is 0 Å². The average molecular weight is 364 g/mol. The molecule has 1 spiro atoms. The number of rotatable bonds is 6. The molecule has 3 aliphatic rings. The predicted octanol–water partition coefficient (Wildman–Crippen LogP) is 1.94.